The Morgan fingerprint density at radius 2 is 1.79 bits per heavy atom. The van der Waals surface area contributed by atoms with Gasteiger partial charge in [0.2, 0.25) is 15.8 Å². The van der Waals surface area contributed by atoms with Crippen LogP contribution < -0.4 is 9.88 Å². The Hall–Kier alpha value is -1.25. The summed E-state index contributed by atoms with van der Waals surface area (Å²) in [6.45, 7) is 0.721. The van der Waals surface area contributed by atoms with Gasteiger partial charge in [0.05, 0.1) is 6.61 Å². The van der Waals surface area contributed by atoms with Crippen molar-refractivity contribution in [3.8, 4) is 5.75 Å². The maximum atomic E-state index is 13.5. The van der Waals surface area contributed by atoms with Crippen LogP contribution in [0.4, 0.5) is 8.78 Å². The highest BCUT2D eigenvalue weighted by molar-refractivity contribution is 7.89. The molecule has 0 unspecified atom stereocenters. The van der Waals surface area contributed by atoms with Crippen LogP contribution in [0, 0.1) is 11.6 Å². The van der Waals surface area contributed by atoms with Crippen molar-refractivity contribution >= 4 is 10.0 Å². The van der Waals surface area contributed by atoms with Gasteiger partial charge in [-0.3, -0.25) is 0 Å². The molecule has 0 amide bonds. The first kappa shape index (κ1) is 15.8. The summed E-state index contributed by atoms with van der Waals surface area (Å²) in [6.07, 6.45) is 1.32. The number of primary sulfonamides is 1. The molecule has 5 nitrogen and oxygen atoms in total. The van der Waals surface area contributed by atoms with Gasteiger partial charge in [0.25, 0.3) is 0 Å². The molecule has 1 aromatic carbocycles. The summed E-state index contributed by atoms with van der Waals surface area (Å²) in [5.41, 5.74) is 0. The van der Waals surface area contributed by atoms with Crippen LogP contribution in [-0.4, -0.2) is 28.7 Å². The molecule has 0 bridgehead atoms. The second kappa shape index (κ2) is 6.78. The molecule has 2 N–H and O–H groups in total. The molecule has 0 atom stereocenters. The van der Waals surface area contributed by atoms with E-state index in [0.29, 0.717) is 13.0 Å². The Morgan fingerprint density at radius 3 is 2.37 bits per heavy atom. The molecule has 8 heteroatoms. The molecule has 0 heterocycles. The zero-order valence-electron chi connectivity index (χ0n) is 10.4. The fourth-order valence-corrected chi connectivity index (χ4v) is 1.97. The molecule has 0 aliphatic carbocycles. The minimum atomic E-state index is -4.29. The van der Waals surface area contributed by atoms with Crippen LogP contribution in [0.3, 0.4) is 0 Å². The molecule has 108 valence electrons. The van der Waals surface area contributed by atoms with E-state index in [2.05, 4.69) is 0 Å². The van der Waals surface area contributed by atoms with E-state index in [1.807, 2.05) is 0 Å². The number of unbranched alkanes of at least 4 members (excludes halogenated alkanes) is 1. The monoisotopic (exact) mass is 295 g/mol. The third-order valence-electron chi connectivity index (χ3n) is 2.32. The van der Waals surface area contributed by atoms with Crippen LogP contribution in [0.15, 0.2) is 17.0 Å². The molecule has 1 rings (SSSR count). The summed E-state index contributed by atoms with van der Waals surface area (Å²) in [6, 6.07) is 1.91. The Kier molecular flexibility index (Phi) is 5.64. The molecule has 19 heavy (non-hydrogen) atoms. The number of sulfonamides is 1. The molecule has 0 aliphatic rings. The lowest BCUT2D eigenvalue weighted by Gasteiger charge is -2.09. The van der Waals surface area contributed by atoms with Crippen LogP contribution in [-0.2, 0) is 14.8 Å². The number of hydrogen-bond acceptors (Lipinski definition) is 4. The van der Waals surface area contributed by atoms with Crippen LogP contribution in [0.5, 0.6) is 5.75 Å². The number of methoxy groups -OCH3 is 1. The lowest BCUT2D eigenvalue weighted by molar-refractivity contribution is 0.183. The average molecular weight is 295 g/mol. The zero-order valence-corrected chi connectivity index (χ0v) is 11.2. The molecular formula is C11H15F2NO4S. The van der Waals surface area contributed by atoms with E-state index in [1.54, 1.807) is 7.11 Å². The van der Waals surface area contributed by atoms with Gasteiger partial charge in [0, 0.05) is 13.7 Å². The summed E-state index contributed by atoms with van der Waals surface area (Å²) >= 11 is 0. The first-order valence-electron chi connectivity index (χ1n) is 5.50. The van der Waals surface area contributed by atoms with Gasteiger partial charge in [-0.15, -0.1) is 0 Å². The van der Waals surface area contributed by atoms with Gasteiger partial charge in [-0.25, -0.2) is 17.9 Å². The smallest absolute Gasteiger partial charge is 0.241 e. The number of ether oxygens (including phenoxy) is 2. The van der Waals surface area contributed by atoms with Gasteiger partial charge in [-0.1, -0.05) is 0 Å². The molecule has 1 aromatic rings. The molecule has 0 spiro atoms. The lowest BCUT2D eigenvalue weighted by atomic mass is 10.3. The average Bonchev–Trinajstić information content (AvgIpc) is 2.32. The second-order valence-electron chi connectivity index (χ2n) is 3.78. The summed E-state index contributed by atoms with van der Waals surface area (Å²) < 4.78 is 58.8. The molecule has 0 saturated heterocycles. The Bertz CT molecular complexity index is 534. The van der Waals surface area contributed by atoms with E-state index in [0.717, 1.165) is 18.6 Å². The maximum absolute atomic E-state index is 13.5. The fraction of sp³-hybridized carbons (Fsp3) is 0.455. The van der Waals surface area contributed by atoms with Crippen LogP contribution in [0.2, 0.25) is 0 Å². The van der Waals surface area contributed by atoms with Crippen molar-refractivity contribution in [1.29, 1.82) is 0 Å². The SMILES string of the molecule is COCCCCOc1ccc(S(N)(=O)=O)c(F)c1F. The van der Waals surface area contributed by atoms with E-state index in [4.69, 9.17) is 14.6 Å². The predicted molar refractivity (Wildman–Crippen MR) is 64.3 cm³/mol. The molecule has 0 aromatic heterocycles. The quantitative estimate of drug-likeness (QED) is 0.772. The summed E-state index contributed by atoms with van der Waals surface area (Å²) in [4.78, 5) is -0.892. The number of nitrogens with two attached hydrogens (primary N) is 1. The highest BCUT2D eigenvalue weighted by Crippen LogP contribution is 2.25. The molecule has 0 fully saturated rings. The first-order chi connectivity index (χ1) is 8.88. The van der Waals surface area contributed by atoms with Crippen molar-refractivity contribution in [2.45, 2.75) is 17.7 Å². The van der Waals surface area contributed by atoms with Gasteiger partial charge in [-0.05, 0) is 25.0 Å². The number of benzene rings is 1. The minimum absolute atomic E-state index is 0.175. The summed E-state index contributed by atoms with van der Waals surface area (Å²) in [7, 11) is -2.73. The van der Waals surface area contributed by atoms with Crippen molar-refractivity contribution in [2.75, 3.05) is 20.3 Å². The van der Waals surface area contributed by atoms with Crippen molar-refractivity contribution < 1.29 is 26.7 Å². The van der Waals surface area contributed by atoms with E-state index in [1.165, 1.54) is 0 Å². The molecular weight excluding hydrogens is 280 g/mol. The highest BCUT2D eigenvalue weighted by Gasteiger charge is 2.21. The topological polar surface area (TPSA) is 78.6 Å². The summed E-state index contributed by atoms with van der Waals surface area (Å²) in [5, 5.41) is 4.74. The number of halogens is 2. The second-order valence-corrected chi connectivity index (χ2v) is 5.31. The van der Waals surface area contributed by atoms with Crippen molar-refractivity contribution in [3.05, 3.63) is 23.8 Å². The Balaban J connectivity index is 2.75. The Morgan fingerprint density at radius 1 is 1.16 bits per heavy atom. The van der Waals surface area contributed by atoms with Crippen LogP contribution in [0.1, 0.15) is 12.8 Å². The van der Waals surface area contributed by atoms with Gasteiger partial charge >= 0.3 is 0 Å². The van der Waals surface area contributed by atoms with E-state index in [-0.39, 0.29) is 12.4 Å². The molecule has 0 aliphatic heterocycles. The summed E-state index contributed by atoms with van der Waals surface area (Å²) in [5.74, 6) is -3.24. The molecule has 0 saturated carbocycles. The standard InChI is InChI=1S/C11H15F2NO4S/c1-17-6-2-3-7-18-8-4-5-9(19(14,15)16)11(13)10(8)12/h4-5H,2-3,6-7H2,1H3,(H2,14,15,16). The third kappa shape index (κ3) is 4.41. The lowest BCUT2D eigenvalue weighted by Crippen LogP contribution is -2.15. The van der Waals surface area contributed by atoms with Gasteiger partial charge < -0.3 is 9.47 Å². The number of hydrogen-bond donors (Lipinski definition) is 1. The first-order valence-corrected chi connectivity index (χ1v) is 7.05. The van der Waals surface area contributed by atoms with Crippen molar-refractivity contribution in [2.24, 2.45) is 5.14 Å². The fourth-order valence-electron chi connectivity index (χ4n) is 1.38. The van der Waals surface area contributed by atoms with Crippen molar-refractivity contribution in [1.82, 2.24) is 0 Å². The van der Waals surface area contributed by atoms with Gasteiger partial charge in [-0.2, -0.15) is 4.39 Å². The third-order valence-corrected chi connectivity index (χ3v) is 3.25. The predicted octanol–water partition coefficient (Wildman–Crippen LogP) is 1.42. The normalized spacial score (nSPS) is 11.6. The highest BCUT2D eigenvalue weighted by atomic mass is 32.2. The zero-order chi connectivity index (χ0) is 14.5. The van der Waals surface area contributed by atoms with Gasteiger partial charge in [0.15, 0.2) is 11.6 Å². The van der Waals surface area contributed by atoms with E-state index in [9.17, 15) is 17.2 Å². The van der Waals surface area contributed by atoms with Crippen LogP contribution in [0.25, 0.3) is 0 Å². The largest absolute Gasteiger partial charge is 0.490 e. The van der Waals surface area contributed by atoms with E-state index < -0.39 is 26.6 Å². The molecule has 0 radical (unpaired) electrons. The minimum Gasteiger partial charge on any atom is -0.490 e. The van der Waals surface area contributed by atoms with Gasteiger partial charge in [0.1, 0.15) is 4.90 Å². The Labute approximate surface area is 110 Å². The maximum Gasteiger partial charge on any atom is 0.241 e. The van der Waals surface area contributed by atoms with Crippen molar-refractivity contribution in [3.63, 3.8) is 0 Å². The van der Waals surface area contributed by atoms with Crippen LogP contribution >= 0.6 is 0 Å². The number of rotatable bonds is 7. The van der Waals surface area contributed by atoms with E-state index >= 15 is 0 Å².